The number of nitrogens with one attached hydrogen (secondary N) is 1. The Morgan fingerprint density at radius 3 is 2.40 bits per heavy atom. The van der Waals surface area contributed by atoms with Crippen LogP contribution in [0.15, 0.2) is 0 Å². The number of methoxy groups -OCH3 is 1. The van der Waals surface area contributed by atoms with E-state index in [2.05, 4.69) is 10.2 Å². The monoisotopic (exact) mass is 282 g/mol. The highest BCUT2D eigenvalue weighted by atomic mass is 16.5. The molecule has 2 rings (SSSR count). The molecule has 0 aromatic carbocycles. The van der Waals surface area contributed by atoms with Crippen LogP contribution in [0.1, 0.15) is 57.8 Å². The number of hydrogen-bond donors (Lipinski definition) is 1. The maximum atomic E-state index is 11.9. The standard InChI is InChI=1S/C16H30N2O2/c1-20-13-8-15(19)17-14-16(9-4-2-5-10-16)18-11-6-3-7-12-18/h2-14H2,1H3,(H,17,19). The molecule has 0 atom stereocenters. The van der Waals surface area contributed by atoms with E-state index < -0.39 is 0 Å². The van der Waals surface area contributed by atoms with Gasteiger partial charge in [-0.25, -0.2) is 0 Å². The zero-order chi connectivity index (χ0) is 14.3. The molecule has 0 bridgehead atoms. The molecule has 0 aromatic rings. The van der Waals surface area contributed by atoms with Crippen LogP contribution >= 0.6 is 0 Å². The van der Waals surface area contributed by atoms with Gasteiger partial charge in [0.15, 0.2) is 0 Å². The van der Waals surface area contributed by atoms with Crippen molar-refractivity contribution in [1.29, 1.82) is 0 Å². The molecule has 0 unspecified atom stereocenters. The van der Waals surface area contributed by atoms with Crippen LogP contribution in [0.4, 0.5) is 0 Å². The lowest BCUT2D eigenvalue weighted by atomic mass is 9.79. The topological polar surface area (TPSA) is 41.6 Å². The first kappa shape index (κ1) is 15.8. The zero-order valence-electron chi connectivity index (χ0n) is 13.0. The van der Waals surface area contributed by atoms with Crippen molar-refractivity contribution >= 4 is 5.91 Å². The molecule has 20 heavy (non-hydrogen) atoms. The molecule has 1 saturated carbocycles. The summed E-state index contributed by atoms with van der Waals surface area (Å²) in [6.07, 6.45) is 11.0. The Kier molecular flexibility index (Phi) is 6.30. The van der Waals surface area contributed by atoms with Crippen LogP contribution in [0.25, 0.3) is 0 Å². The molecule has 4 heteroatoms. The van der Waals surface area contributed by atoms with Crippen molar-refractivity contribution in [3.05, 3.63) is 0 Å². The van der Waals surface area contributed by atoms with Crippen molar-refractivity contribution in [2.45, 2.75) is 63.3 Å². The molecule has 0 aromatic heterocycles. The molecule has 1 heterocycles. The maximum Gasteiger partial charge on any atom is 0.222 e. The molecule has 0 radical (unpaired) electrons. The molecule has 4 nitrogen and oxygen atoms in total. The summed E-state index contributed by atoms with van der Waals surface area (Å²) in [6, 6.07) is 0. The third-order valence-corrected chi connectivity index (χ3v) is 4.96. The highest BCUT2D eigenvalue weighted by Gasteiger charge is 2.38. The summed E-state index contributed by atoms with van der Waals surface area (Å²) in [6.45, 7) is 3.78. The lowest BCUT2D eigenvalue weighted by Gasteiger charge is -2.48. The average Bonchev–Trinajstić information content (AvgIpc) is 2.52. The Balaban J connectivity index is 1.90. The summed E-state index contributed by atoms with van der Waals surface area (Å²) in [5.41, 5.74) is 0.238. The zero-order valence-corrected chi connectivity index (χ0v) is 13.0. The van der Waals surface area contributed by atoms with Gasteiger partial charge in [0, 0.05) is 25.6 Å². The third-order valence-electron chi connectivity index (χ3n) is 4.96. The van der Waals surface area contributed by atoms with Crippen molar-refractivity contribution in [2.75, 3.05) is 33.4 Å². The second kappa shape index (κ2) is 7.99. The summed E-state index contributed by atoms with van der Waals surface area (Å²) in [5.74, 6) is 0.133. The van der Waals surface area contributed by atoms with Crippen LogP contribution in [0.3, 0.4) is 0 Å². The summed E-state index contributed by atoms with van der Waals surface area (Å²) >= 11 is 0. The highest BCUT2D eigenvalue weighted by molar-refractivity contribution is 5.76. The van der Waals surface area contributed by atoms with Gasteiger partial charge in [-0.15, -0.1) is 0 Å². The van der Waals surface area contributed by atoms with Crippen LogP contribution in [-0.4, -0.2) is 49.7 Å². The van der Waals surface area contributed by atoms with Gasteiger partial charge in [-0.05, 0) is 38.8 Å². The number of nitrogens with zero attached hydrogens (tertiary/aromatic N) is 1. The molecule has 2 aliphatic rings. The van der Waals surface area contributed by atoms with Gasteiger partial charge in [0.25, 0.3) is 0 Å². The molecule has 116 valence electrons. The maximum absolute atomic E-state index is 11.9. The minimum absolute atomic E-state index is 0.133. The minimum Gasteiger partial charge on any atom is -0.384 e. The van der Waals surface area contributed by atoms with E-state index in [0.29, 0.717) is 13.0 Å². The predicted octanol–water partition coefficient (Wildman–Crippen LogP) is 2.33. The molecule has 1 amide bonds. The Hall–Kier alpha value is -0.610. The first-order chi connectivity index (χ1) is 9.77. The Labute approximate surface area is 123 Å². The highest BCUT2D eigenvalue weighted by Crippen LogP contribution is 2.35. The van der Waals surface area contributed by atoms with Gasteiger partial charge in [0.2, 0.25) is 5.91 Å². The number of amides is 1. The smallest absolute Gasteiger partial charge is 0.222 e. The van der Waals surface area contributed by atoms with Gasteiger partial charge in [0.05, 0.1) is 6.61 Å². The largest absolute Gasteiger partial charge is 0.384 e. The van der Waals surface area contributed by atoms with E-state index in [1.807, 2.05) is 0 Å². The van der Waals surface area contributed by atoms with Crippen LogP contribution in [0, 0.1) is 0 Å². The summed E-state index contributed by atoms with van der Waals surface area (Å²) in [7, 11) is 1.64. The molecular weight excluding hydrogens is 252 g/mol. The van der Waals surface area contributed by atoms with Gasteiger partial charge in [-0.2, -0.15) is 0 Å². The number of piperidine rings is 1. The van der Waals surface area contributed by atoms with E-state index in [1.165, 1.54) is 64.5 Å². The summed E-state index contributed by atoms with van der Waals surface area (Å²) in [5, 5.41) is 3.16. The molecule has 1 aliphatic carbocycles. The van der Waals surface area contributed by atoms with Crippen molar-refractivity contribution in [3.63, 3.8) is 0 Å². The van der Waals surface area contributed by atoms with Crippen LogP contribution in [0.5, 0.6) is 0 Å². The van der Waals surface area contributed by atoms with Gasteiger partial charge in [-0.3, -0.25) is 9.69 Å². The van der Waals surface area contributed by atoms with Crippen molar-refractivity contribution in [3.8, 4) is 0 Å². The Morgan fingerprint density at radius 2 is 1.75 bits per heavy atom. The van der Waals surface area contributed by atoms with Crippen LogP contribution in [-0.2, 0) is 9.53 Å². The van der Waals surface area contributed by atoms with E-state index >= 15 is 0 Å². The Morgan fingerprint density at radius 1 is 1.10 bits per heavy atom. The third kappa shape index (κ3) is 4.19. The fraction of sp³-hybridized carbons (Fsp3) is 0.938. The first-order valence-electron chi connectivity index (χ1n) is 8.27. The Bertz CT molecular complexity index is 295. The number of hydrogen-bond acceptors (Lipinski definition) is 3. The first-order valence-corrected chi connectivity index (χ1v) is 8.27. The number of ether oxygens (including phenoxy) is 1. The lowest BCUT2D eigenvalue weighted by molar-refractivity contribution is -0.123. The quantitative estimate of drug-likeness (QED) is 0.813. The average molecular weight is 282 g/mol. The number of carbonyl (C=O) groups excluding carboxylic acids is 1. The SMILES string of the molecule is COCCC(=O)NCC1(N2CCCCC2)CCCCC1. The van der Waals surface area contributed by atoms with Crippen molar-refractivity contribution < 1.29 is 9.53 Å². The van der Waals surface area contributed by atoms with Gasteiger partial charge in [-0.1, -0.05) is 25.7 Å². The van der Waals surface area contributed by atoms with E-state index in [1.54, 1.807) is 7.11 Å². The summed E-state index contributed by atoms with van der Waals surface area (Å²) in [4.78, 5) is 14.5. The molecule has 2 fully saturated rings. The van der Waals surface area contributed by atoms with Gasteiger partial charge < -0.3 is 10.1 Å². The van der Waals surface area contributed by atoms with Gasteiger partial charge in [0.1, 0.15) is 0 Å². The normalized spacial score (nSPS) is 23.4. The molecule has 1 saturated heterocycles. The molecular formula is C16H30N2O2. The van der Waals surface area contributed by atoms with E-state index in [4.69, 9.17) is 4.74 Å². The summed E-state index contributed by atoms with van der Waals surface area (Å²) < 4.78 is 4.97. The number of rotatable bonds is 6. The number of carbonyl (C=O) groups is 1. The second-order valence-corrected chi connectivity index (χ2v) is 6.35. The molecule has 1 aliphatic heterocycles. The second-order valence-electron chi connectivity index (χ2n) is 6.35. The van der Waals surface area contributed by atoms with Crippen molar-refractivity contribution in [2.24, 2.45) is 0 Å². The number of likely N-dealkylation sites (tertiary alicyclic amines) is 1. The van der Waals surface area contributed by atoms with E-state index in [-0.39, 0.29) is 11.4 Å². The van der Waals surface area contributed by atoms with Crippen LogP contribution < -0.4 is 5.32 Å². The van der Waals surface area contributed by atoms with E-state index in [0.717, 1.165) is 6.54 Å². The lowest BCUT2D eigenvalue weighted by Crippen LogP contribution is -2.58. The van der Waals surface area contributed by atoms with E-state index in [9.17, 15) is 4.79 Å². The fourth-order valence-corrected chi connectivity index (χ4v) is 3.73. The minimum atomic E-state index is 0.133. The molecule has 1 N–H and O–H groups in total. The van der Waals surface area contributed by atoms with Gasteiger partial charge >= 0.3 is 0 Å². The molecule has 0 spiro atoms. The predicted molar refractivity (Wildman–Crippen MR) is 80.7 cm³/mol. The van der Waals surface area contributed by atoms with Crippen LogP contribution in [0.2, 0.25) is 0 Å². The fourth-order valence-electron chi connectivity index (χ4n) is 3.73. The van der Waals surface area contributed by atoms with Crippen molar-refractivity contribution in [1.82, 2.24) is 10.2 Å².